The second-order valence-electron chi connectivity index (χ2n) is 5.51. The molecule has 5 nitrogen and oxygen atoms in total. The van der Waals surface area contributed by atoms with Crippen molar-refractivity contribution in [2.24, 2.45) is 0 Å². The SMILES string of the molecule is C=C(C)C(=O)OCCN(C(=O)CC(C)=O)C(C)(C)C. The summed E-state index contributed by atoms with van der Waals surface area (Å²) in [6, 6.07) is 0. The first kappa shape index (κ1) is 17.4. The molecule has 1 amide bonds. The Morgan fingerprint density at radius 2 is 1.68 bits per heavy atom. The van der Waals surface area contributed by atoms with Crippen LogP contribution in [0.2, 0.25) is 0 Å². The predicted octanol–water partition coefficient (Wildman–Crippen LogP) is 1.71. The van der Waals surface area contributed by atoms with E-state index in [9.17, 15) is 14.4 Å². The second kappa shape index (κ2) is 7.07. The Labute approximate surface area is 114 Å². The topological polar surface area (TPSA) is 63.7 Å². The molecule has 5 heteroatoms. The van der Waals surface area contributed by atoms with Gasteiger partial charge < -0.3 is 9.64 Å². The number of rotatable bonds is 6. The van der Waals surface area contributed by atoms with Crippen LogP contribution in [0.3, 0.4) is 0 Å². The summed E-state index contributed by atoms with van der Waals surface area (Å²) in [7, 11) is 0. The van der Waals surface area contributed by atoms with Crippen molar-refractivity contribution < 1.29 is 19.1 Å². The summed E-state index contributed by atoms with van der Waals surface area (Å²) in [5.74, 6) is -0.919. The van der Waals surface area contributed by atoms with Gasteiger partial charge in [-0.2, -0.15) is 0 Å². The van der Waals surface area contributed by atoms with E-state index < -0.39 is 11.5 Å². The number of hydrogen-bond acceptors (Lipinski definition) is 4. The minimum Gasteiger partial charge on any atom is -0.460 e. The standard InChI is InChI=1S/C14H23NO4/c1-10(2)13(18)19-8-7-15(14(4,5)6)12(17)9-11(3)16/h1,7-9H2,2-6H3. The van der Waals surface area contributed by atoms with Gasteiger partial charge in [-0.3, -0.25) is 9.59 Å². The third-order valence-electron chi connectivity index (χ3n) is 2.41. The highest BCUT2D eigenvalue weighted by atomic mass is 16.5. The average Bonchev–Trinajstić information content (AvgIpc) is 2.20. The zero-order valence-corrected chi connectivity index (χ0v) is 12.4. The molecule has 0 aromatic heterocycles. The number of amides is 1. The minimum absolute atomic E-state index is 0.0899. The van der Waals surface area contributed by atoms with Gasteiger partial charge in [-0.05, 0) is 34.6 Å². The molecule has 0 N–H and O–H groups in total. The lowest BCUT2D eigenvalue weighted by Crippen LogP contribution is -2.47. The van der Waals surface area contributed by atoms with Gasteiger partial charge >= 0.3 is 5.97 Å². The molecule has 0 bridgehead atoms. The third-order valence-corrected chi connectivity index (χ3v) is 2.41. The van der Waals surface area contributed by atoms with Crippen molar-refractivity contribution in [1.82, 2.24) is 4.90 Å². The van der Waals surface area contributed by atoms with E-state index in [4.69, 9.17) is 4.74 Å². The van der Waals surface area contributed by atoms with E-state index in [2.05, 4.69) is 6.58 Å². The van der Waals surface area contributed by atoms with Crippen LogP contribution < -0.4 is 0 Å². The van der Waals surface area contributed by atoms with Crippen LogP contribution in [-0.4, -0.2) is 41.3 Å². The fraction of sp³-hybridized carbons (Fsp3) is 0.643. The van der Waals surface area contributed by atoms with Crippen molar-refractivity contribution in [3.05, 3.63) is 12.2 Å². The summed E-state index contributed by atoms with van der Waals surface area (Å²) >= 11 is 0. The van der Waals surface area contributed by atoms with Crippen LogP contribution >= 0.6 is 0 Å². The molecule has 0 aliphatic heterocycles. The quantitative estimate of drug-likeness (QED) is 0.418. The van der Waals surface area contributed by atoms with Crippen molar-refractivity contribution in [3.63, 3.8) is 0 Å². The van der Waals surface area contributed by atoms with Crippen LogP contribution in [0.4, 0.5) is 0 Å². The van der Waals surface area contributed by atoms with E-state index >= 15 is 0 Å². The van der Waals surface area contributed by atoms with Gasteiger partial charge in [0.1, 0.15) is 12.4 Å². The number of hydrogen-bond donors (Lipinski definition) is 0. The summed E-state index contributed by atoms with van der Waals surface area (Å²) in [6.07, 6.45) is -0.133. The Morgan fingerprint density at radius 3 is 2.05 bits per heavy atom. The molecule has 0 heterocycles. The Kier molecular flexibility index (Phi) is 6.45. The van der Waals surface area contributed by atoms with Gasteiger partial charge in [0.15, 0.2) is 0 Å². The van der Waals surface area contributed by atoms with E-state index in [1.165, 1.54) is 6.92 Å². The van der Waals surface area contributed by atoms with E-state index in [1.54, 1.807) is 11.8 Å². The van der Waals surface area contributed by atoms with Crippen molar-refractivity contribution in [2.75, 3.05) is 13.2 Å². The highest BCUT2D eigenvalue weighted by molar-refractivity contribution is 5.97. The Balaban J connectivity index is 4.55. The van der Waals surface area contributed by atoms with E-state index in [-0.39, 0.29) is 31.3 Å². The Morgan fingerprint density at radius 1 is 1.16 bits per heavy atom. The molecule has 0 aromatic carbocycles. The van der Waals surface area contributed by atoms with Crippen molar-refractivity contribution in [3.8, 4) is 0 Å². The maximum atomic E-state index is 12.0. The first-order chi connectivity index (χ1) is 8.55. The lowest BCUT2D eigenvalue weighted by atomic mass is 10.0. The van der Waals surface area contributed by atoms with Crippen LogP contribution in [0.1, 0.15) is 41.0 Å². The fourth-order valence-electron chi connectivity index (χ4n) is 1.50. The molecule has 0 radical (unpaired) electrons. The average molecular weight is 269 g/mol. The van der Waals surface area contributed by atoms with Crippen LogP contribution in [0.15, 0.2) is 12.2 Å². The van der Waals surface area contributed by atoms with Gasteiger partial charge in [0, 0.05) is 11.1 Å². The van der Waals surface area contributed by atoms with Crippen molar-refractivity contribution in [1.29, 1.82) is 0 Å². The number of Topliss-reactive ketones (excluding diaryl/α,β-unsaturated/α-hetero) is 1. The summed E-state index contributed by atoms with van der Waals surface area (Å²) in [6.45, 7) is 12.4. The number of ether oxygens (including phenoxy) is 1. The Hall–Kier alpha value is -1.65. The maximum absolute atomic E-state index is 12.0. The van der Waals surface area contributed by atoms with Gasteiger partial charge in [0.25, 0.3) is 0 Å². The number of carbonyl (C=O) groups is 3. The second-order valence-corrected chi connectivity index (χ2v) is 5.51. The maximum Gasteiger partial charge on any atom is 0.333 e. The van der Waals surface area contributed by atoms with E-state index in [0.717, 1.165) is 0 Å². The third kappa shape index (κ3) is 6.74. The number of esters is 1. The first-order valence-corrected chi connectivity index (χ1v) is 6.18. The number of nitrogens with zero attached hydrogens (tertiary/aromatic N) is 1. The molecule has 0 aliphatic carbocycles. The zero-order chi connectivity index (χ0) is 15.2. The lowest BCUT2D eigenvalue weighted by molar-refractivity contribution is -0.145. The monoisotopic (exact) mass is 269 g/mol. The fourth-order valence-corrected chi connectivity index (χ4v) is 1.50. The summed E-state index contributed by atoms with van der Waals surface area (Å²) in [5.41, 5.74) is -0.111. The molecule has 0 saturated heterocycles. The lowest BCUT2D eigenvalue weighted by Gasteiger charge is -2.35. The Bertz CT molecular complexity index is 379. The van der Waals surface area contributed by atoms with Crippen molar-refractivity contribution in [2.45, 2.75) is 46.6 Å². The molecule has 19 heavy (non-hydrogen) atoms. The highest BCUT2D eigenvalue weighted by Crippen LogP contribution is 2.14. The summed E-state index contributed by atoms with van der Waals surface area (Å²) < 4.78 is 4.97. The van der Waals surface area contributed by atoms with Gasteiger partial charge in [0.05, 0.1) is 13.0 Å². The highest BCUT2D eigenvalue weighted by Gasteiger charge is 2.26. The minimum atomic E-state index is -0.479. The number of carbonyl (C=O) groups excluding carboxylic acids is 3. The molecular formula is C14H23NO4. The molecule has 0 rings (SSSR count). The molecule has 0 unspecified atom stereocenters. The first-order valence-electron chi connectivity index (χ1n) is 6.18. The molecule has 0 fully saturated rings. The predicted molar refractivity (Wildman–Crippen MR) is 72.5 cm³/mol. The molecule has 0 saturated carbocycles. The normalized spacial score (nSPS) is 10.8. The number of ketones is 1. The molecule has 0 atom stereocenters. The van der Waals surface area contributed by atoms with Gasteiger partial charge in [0.2, 0.25) is 5.91 Å². The summed E-state index contributed by atoms with van der Waals surface area (Å²) in [4.78, 5) is 35.8. The van der Waals surface area contributed by atoms with Gasteiger partial charge in [-0.25, -0.2) is 4.79 Å². The molecular weight excluding hydrogens is 246 g/mol. The molecule has 0 spiro atoms. The van der Waals surface area contributed by atoms with Crippen LogP contribution in [-0.2, 0) is 19.1 Å². The smallest absolute Gasteiger partial charge is 0.333 e. The van der Waals surface area contributed by atoms with Crippen LogP contribution in [0.5, 0.6) is 0 Å². The van der Waals surface area contributed by atoms with E-state index in [0.29, 0.717) is 5.57 Å². The van der Waals surface area contributed by atoms with Gasteiger partial charge in [-0.1, -0.05) is 6.58 Å². The molecule has 108 valence electrons. The summed E-state index contributed by atoms with van der Waals surface area (Å²) in [5, 5.41) is 0. The zero-order valence-electron chi connectivity index (χ0n) is 12.4. The molecule has 0 aliphatic rings. The van der Waals surface area contributed by atoms with Crippen LogP contribution in [0, 0.1) is 0 Å². The van der Waals surface area contributed by atoms with Crippen LogP contribution in [0.25, 0.3) is 0 Å². The largest absolute Gasteiger partial charge is 0.460 e. The van der Waals surface area contributed by atoms with Gasteiger partial charge in [-0.15, -0.1) is 0 Å². The molecule has 0 aromatic rings. The van der Waals surface area contributed by atoms with Crippen molar-refractivity contribution >= 4 is 17.7 Å². The van der Waals surface area contributed by atoms with E-state index in [1.807, 2.05) is 20.8 Å².